The van der Waals surface area contributed by atoms with Crippen molar-refractivity contribution in [3.05, 3.63) is 54.0 Å². The summed E-state index contributed by atoms with van der Waals surface area (Å²) in [6.45, 7) is 1.65. The van der Waals surface area contributed by atoms with Crippen molar-refractivity contribution >= 4 is 11.9 Å². The molecule has 3 N–H and O–H groups in total. The largest absolute Gasteiger partial charge is 0.497 e. The van der Waals surface area contributed by atoms with Crippen molar-refractivity contribution in [3.8, 4) is 5.75 Å². The molecule has 0 radical (unpaired) electrons. The number of carbonyl (C=O) groups is 1. The van der Waals surface area contributed by atoms with Crippen LogP contribution in [-0.4, -0.2) is 39.1 Å². The fraction of sp³-hybridized carbons (Fsp3) is 0.294. The molecule has 0 bridgehead atoms. The number of guanidine groups is 1. The molecular weight excluding hydrogens is 308 g/mol. The lowest BCUT2D eigenvalue weighted by Crippen LogP contribution is -2.41. The van der Waals surface area contributed by atoms with Gasteiger partial charge in [0.05, 0.1) is 13.4 Å². The van der Waals surface area contributed by atoms with Crippen molar-refractivity contribution < 1.29 is 13.9 Å². The van der Waals surface area contributed by atoms with E-state index in [-0.39, 0.29) is 5.91 Å². The van der Waals surface area contributed by atoms with Crippen LogP contribution in [-0.2, 0) is 6.54 Å². The Hall–Kier alpha value is -2.96. The normalized spacial score (nSPS) is 11.0. The lowest BCUT2D eigenvalue weighted by Gasteiger charge is -2.12. The predicted molar refractivity (Wildman–Crippen MR) is 92.2 cm³/mol. The van der Waals surface area contributed by atoms with Gasteiger partial charge in [-0.05, 0) is 29.8 Å². The van der Waals surface area contributed by atoms with E-state index in [0.29, 0.717) is 31.4 Å². The van der Waals surface area contributed by atoms with Crippen LogP contribution in [0.2, 0.25) is 0 Å². The minimum absolute atomic E-state index is 0.233. The first-order chi connectivity index (χ1) is 11.7. The molecule has 1 heterocycles. The molecule has 1 aromatic carbocycles. The summed E-state index contributed by atoms with van der Waals surface area (Å²) in [4.78, 5) is 15.8. The molecule has 128 valence electrons. The average Bonchev–Trinajstić information content (AvgIpc) is 3.16. The summed E-state index contributed by atoms with van der Waals surface area (Å²) >= 11 is 0. The van der Waals surface area contributed by atoms with Gasteiger partial charge in [-0.2, -0.15) is 0 Å². The summed E-state index contributed by atoms with van der Waals surface area (Å²) in [5, 5.41) is 9.10. The second-order valence-electron chi connectivity index (χ2n) is 4.93. The molecule has 0 aliphatic heterocycles. The molecule has 0 unspecified atom stereocenters. The van der Waals surface area contributed by atoms with Crippen LogP contribution in [0.4, 0.5) is 0 Å². The maximum atomic E-state index is 11.7. The highest BCUT2D eigenvalue weighted by Crippen LogP contribution is 2.10. The van der Waals surface area contributed by atoms with Gasteiger partial charge in [0, 0.05) is 26.7 Å². The third kappa shape index (κ3) is 5.35. The number of benzene rings is 1. The summed E-state index contributed by atoms with van der Waals surface area (Å²) in [6, 6.07) is 11.1. The number of carbonyl (C=O) groups excluding carboxylic acids is 1. The fourth-order valence-electron chi connectivity index (χ4n) is 2.00. The third-order valence-corrected chi connectivity index (χ3v) is 3.29. The highest BCUT2D eigenvalue weighted by Gasteiger charge is 2.06. The van der Waals surface area contributed by atoms with Crippen molar-refractivity contribution in [3.63, 3.8) is 0 Å². The van der Waals surface area contributed by atoms with Gasteiger partial charge in [0.2, 0.25) is 0 Å². The minimum Gasteiger partial charge on any atom is -0.497 e. The van der Waals surface area contributed by atoms with Crippen LogP contribution in [0.25, 0.3) is 0 Å². The van der Waals surface area contributed by atoms with Gasteiger partial charge in [0.1, 0.15) is 5.75 Å². The number of hydrogen-bond acceptors (Lipinski definition) is 4. The quantitative estimate of drug-likeness (QED) is 0.406. The lowest BCUT2D eigenvalue weighted by molar-refractivity contribution is 0.0926. The molecule has 2 rings (SSSR count). The van der Waals surface area contributed by atoms with Crippen molar-refractivity contribution in [2.45, 2.75) is 6.54 Å². The zero-order valence-electron chi connectivity index (χ0n) is 13.8. The van der Waals surface area contributed by atoms with E-state index in [2.05, 4.69) is 20.9 Å². The lowest BCUT2D eigenvalue weighted by atomic mass is 10.2. The second kappa shape index (κ2) is 9.24. The molecule has 24 heavy (non-hydrogen) atoms. The molecule has 7 heteroatoms. The van der Waals surface area contributed by atoms with Crippen molar-refractivity contribution in [1.82, 2.24) is 16.0 Å². The van der Waals surface area contributed by atoms with Gasteiger partial charge >= 0.3 is 0 Å². The van der Waals surface area contributed by atoms with Crippen LogP contribution in [0.5, 0.6) is 5.75 Å². The third-order valence-electron chi connectivity index (χ3n) is 3.29. The van der Waals surface area contributed by atoms with E-state index >= 15 is 0 Å². The maximum Gasteiger partial charge on any atom is 0.287 e. The van der Waals surface area contributed by atoms with Gasteiger partial charge in [0.25, 0.3) is 5.91 Å². The number of methoxy groups -OCH3 is 1. The Kier molecular flexibility index (Phi) is 6.70. The molecule has 0 spiro atoms. The van der Waals surface area contributed by atoms with Crippen molar-refractivity contribution in [2.24, 2.45) is 4.99 Å². The van der Waals surface area contributed by atoms with Crippen molar-refractivity contribution in [1.29, 1.82) is 0 Å². The second-order valence-corrected chi connectivity index (χ2v) is 4.93. The molecule has 0 aliphatic carbocycles. The number of rotatable bonds is 7. The summed E-state index contributed by atoms with van der Waals surface area (Å²) in [6.07, 6.45) is 1.47. The van der Waals surface area contributed by atoms with Gasteiger partial charge in [-0.15, -0.1) is 0 Å². The highest BCUT2D eigenvalue weighted by molar-refractivity contribution is 5.91. The predicted octanol–water partition coefficient (Wildman–Crippen LogP) is 1.38. The van der Waals surface area contributed by atoms with E-state index in [1.165, 1.54) is 6.26 Å². The Labute approximate surface area is 141 Å². The molecule has 0 saturated heterocycles. The van der Waals surface area contributed by atoms with Crippen LogP contribution < -0.4 is 20.7 Å². The first-order valence-corrected chi connectivity index (χ1v) is 7.62. The van der Waals surface area contributed by atoms with E-state index in [4.69, 9.17) is 9.15 Å². The Balaban J connectivity index is 1.67. The topological polar surface area (TPSA) is 87.9 Å². The number of furan rings is 1. The Morgan fingerprint density at radius 1 is 1.12 bits per heavy atom. The zero-order valence-corrected chi connectivity index (χ0v) is 13.8. The van der Waals surface area contributed by atoms with Crippen LogP contribution in [0.15, 0.2) is 52.1 Å². The zero-order chi connectivity index (χ0) is 17.2. The van der Waals surface area contributed by atoms with Gasteiger partial charge in [-0.25, -0.2) is 0 Å². The summed E-state index contributed by atoms with van der Waals surface area (Å²) in [7, 11) is 3.34. The molecule has 1 amide bonds. The van der Waals surface area contributed by atoms with E-state index in [0.717, 1.165) is 11.3 Å². The molecule has 7 nitrogen and oxygen atoms in total. The number of nitrogens with one attached hydrogen (secondary N) is 3. The van der Waals surface area contributed by atoms with Crippen LogP contribution in [0, 0.1) is 0 Å². The van der Waals surface area contributed by atoms with Gasteiger partial charge in [-0.3, -0.25) is 9.79 Å². The monoisotopic (exact) mass is 330 g/mol. The van der Waals surface area contributed by atoms with Crippen LogP contribution >= 0.6 is 0 Å². The van der Waals surface area contributed by atoms with Gasteiger partial charge < -0.3 is 25.1 Å². The number of nitrogens with zero attached hydrogens (tertiary/aromatic N) is 1. The van der Waals surface area contributed by atoms with Crippen molar-refractivity contribution in [2.75, 3.05) is 27.2 Å². The number of amides is 1. The molecule has 0 fully saturated rings. The molecule has 2 aromatic rings. The smallest absolute Gasteiger partial charge is 0.287 e. The van der Waals surface area contributed by atoms with Crippen LogP contribution in [0.1, 0.15) is 16.1 Å². The summed E-state index contributed by atoms with van der Waals surface area (Å²) in [5.74, 6) is 1.56. The molecule has 1 aromatic heterocycles. The van der Waals surface area contributed by atoms with E-state index < -0.39 is 0 Å². The molecule has 0 aliphatic rings. The number of hydrogen-bond donors (Lipinski definition) is 3. The first-order valence-electron chi connectivity index (χ1n) is 7.62. The fourth-order valence-corrected chi connectivity index (χ4v) is 2.00. The molecular formula is C17H22N4O3. The number of ether oxygens (including phenoxy) is 1. The minimum atomic E-state index is -0.233. The summed E-state index contributed by atoms with van der Waals surface area (Å²) < 4.78 is 10.2. The molecule has 0 atom stereocenters. The maximum absolute atomic E-state index is 11.7. The summed E-state index contributed by atoms with van der Waals surface area (Å²) in [5.41, 5.74) is 1.12. The van der Waals surface area contributed by atoms with Gasteiger partial charge in [0.15, 0.2) is 11.7 Å². The van der Waals surface area contributed by atoms with E-state index in [1.54, 1.807) is 26.3 Å². The first kappa shape index (κ1) is 17.4. The average molecular weight is 330 g/mol. The van der Waals surface area contributed by atoms with Crippen LogP contribution in [0.3, 0.4) is 0 Å². The number of aliphatic imine (C=N–C) groups is 1. The van der Waals surface area contributed by atoms with E-state index in [1.807, 2.05) is 24.3 Å². The Morgan fingerprint density at radius 2 is 1.88 bits per heavy atom. The Bertz CT molecular complexity index is 651. The Morgan fingerprint density at radius 3 is 2.50 bits per heavy atom. The molecule has 0 saturated carbocycles. The SMILES string of the molecule is CN=C(NCCNC(=O)c1ccco1)NCc1ccc(OC)cc1. The standard InChI is InChI=1S/C17H22N4O3/c1-18-17(21-12-13-5-7-14(23-2)8-6-13)20-10-9-19-16(22)15-4-3-11-24-15/h3-8,11H,9-10,12H2,1-2H3,(H,19,22)(H2,18,20,21). The highest BCUT2D eigenvalue weighted by atomic mass is 16.5. The van der Waals surface area contributed by atoms with Gasteiger partial charge in [-0.1, -0.05) is 12.1 Å². The van der Waals surface area contributed by atoms with E-state index in [9.17, 15) is 4.79 Å².